The van der Waals surface area contributed by atoms with Crippen LogP contribution in [0.25, 0.3) is 11.3 Å². The summed E-state index contributed by atoms with van der Waals surface area (Å²) in [5.41, 5.74) is 0.993. The maximum absolute atomic E-state index is 12.8. The highest BCUT2D eigenvalue weighted by molar-refractivity contribution is 5.91. The van der Waals surface area contributed by atoms with Gasteiger partial charge in [0, 0.05) is 12.4 Å². The number of nitrogens with zero attached hydrogens (tertiary/aromatic N) is 2. The highest BCUT2D eigenvalue weighted by atomic mass is 16.7. The molecule has 0 aliphatic rings. The maximum atomic E-state index is 12.8. The number of carbonyl (C=O) groups is 2. The summed E-state index contributed by atoms with van der Waals surface area (Å²) in [7, 11) is 0. The highest BCUT2D eigenvalue weighted by Gasteiger charge is 2.21. The summed E-state index contributed by atoms with van der Waals surface area (Å²) in [5.74, 6) is 0.520. The van der Waals surface area contributed by atoms with Gasteiger partial charge in [-0.05, 0) is 42.7 Å². The summed E-state index contributed by atoms with van der Waals surface area (Å²) in [6.07, 6.45) is 12.2. The summed E-state index contributed by atoms with van der Waals surface area (Å²) in [6, 6.07) is 13.7. The van der Waals surface area contributed by atoms with Crippen molar-refractivity contribution in [1.82, 2.24) is 9.97 Å². The molecule has 41 heavy (non-hydrogen) atoms. The van der Waals surface area contributed by atoms with Crippen LogP contribution in [-0.4, -0.2) is 35.3 Å². The summed E-state index contributed by atoms with van der Waals surface area (Å²) < 4.78 is 22.5. The largest absolute Gasteiger partial charge is 0.513 e. The van der Waals surface area contributed by atoms with Crippen molar-refractivity contribution in [2.75, 3.05) is 13.2 Å². The van der Waals surface area contributed by atoms with Crippen LogP contribution < -0.4 is 14.2 Å². The van der Waals surface area contributed by atoms with Crippen molar-refractivity contribution in [3.63, 3.8) is 0 Å². The van der Waals surface area contributed by atoms with Crippen LogP contribution in [0.5, 0.6) is 17.4 Å². The molecule has 1 atom stereocenters. The lowest BCUT2D eigenvalue weighted by Gasteiger charge is -2.15. The summed E-state index contributed by atoms with van der Waals surface area (Å²) >= 11 is 0. The number of esters is 1. The lowest BCUT2D eigenvalue weighted by molar-refractivity contribution is 0.0727. The van der Waals surface area contributed by atoms with Gasteiger partial charge in [-0.1, -0.05) is 90.3 Å². The standard InChI is InChI=1S/C33H42N2O6/c1-4-6-7-8-9-10-11-15-22-38-33(37)40-29-19-18-27(39-24-25(3)5-2)23-28(29)30-31(35-21-20-34-30)41-32(36)26-16-13-12-14-17-26/h12-14,16-21,23,25H,4-11,15,22,24H2,1-3H3. The zero-order valence-electron chi connectivity index (χ0n) is 24.5. The molecule has 0 fully saturated rings. The predicted octanol–water partition coefficient (Wildman–Crippen LogP) is 8.44. The van der Waals surface area contributed by atoms with Gasteiger partial charge in [0.1, 0.15) is 17.2 Å². The van der Waals surface area contributed by atoms with Crippen molar-refractivity contribution < 1.29 is 28.5 Å². The number of hydrogen-bond acceptors (Lipinski definition) is 8. The van der Waals surface area contributed by atoms with Crippen LogP contribution in [-0.2, 0) is 4.74 Å². The van der Waals surface area contributed by atoms with Crippen molar-refractivity contribution in [3.8, 4) is 28.6 Å². The molecule has 0 saturated carbocycles. The second kappa shape index (κ2) is 17.7. The third-order valence-corrected chi connectivity index (χ3v) is 6.71. The Bertz CT molecular complexity index is 1220. The number of unbranched alkanes of at least 4 members (excludes halogenated alkanes) is 7. The Morgan fingerprint density at radius 3 is 2.27 bits per heavy atom. The average molecular weight is 563 g/mol. The molecule has 0 bridgehead atoms. The van der Waals surface area contributed by atoms with E-state index in [1.54, 1.807) is 42.5 Å². The topological polar surface area (TPSA) is 96.8 Å². The number of ether oxygens (including phenoxy) is 4. The third-order valence-electron chi connectivity index (χ3n) is 6.71. The molecule has 0 aliphatic carbocycles. The molecule has 0 aliphatic heterocycles. The van der Waals surface area contributed by atoms with E-state index in [1.807, 2.05) is 6.07 Å². The van der Waals surface area contributed by atoms with Crippen LogP contribution in [0.4, 0.5) is 4.79 Å². The summed E-state index contributed by atoms with van der Waals surface area (Å²) in [4.78, 5) is 34.0. The molecule has 3 rings (SSSR count). The molecule has 1 heterocycles. The van der Waals surface area contributed by atoms with Gasteiger partial charge in [-0.2, -0.15) is 0 Å². The van der Waals surface area contributed by atoms with E-state index in [4.69, 9.17) is 18.9 Å². The first-order valence-corrected chi connectivity index (χ1v) is 14.7. The normalized spacial score (nSPS) is 11.5. The van der Waals surface area contributed by atoms with Crippen LogP contribution in [0.3, 0.4) is 0 Å². The summed E-state index contributed by atoms with van der Waals surface area (Å²) in [5, 5.41) is 0. The van der Waals surface area contributed by atoms with E-state index in [1.165, 1.54) is 44.5 Å². The first-order chi connectivity index (χ1) is 20.0. The third kappa shape index (κ3) is 10.9. The maximum Gasteiger partial charge on any atom is 0.513 e. The fourth-order valence-electron chi connectivity index (χ4n) is 4.05. The first-order valence-electron chi connectivity index (χ1n) is 14.7. The van der Waals surface area contributed by atoms with Gasteiger partial charge >= 0.3 is 12.1 Å². The van der Waals surface area contributed by atoms with Gasteiger partial charge in [-0.25, -0.2) is 19.6 Å². The van der Waals surface area contributed by atoms with Gasteiger partial charge in [0.25, 0.3) is 0 Å². The van der Waals surface area contributed by atoms with Crippen LogP contribution in [0.2, 0.25) is 0 Å². The minimum Gasteiger partial charge on any atom is -0.493 e. The van der Waals surface area contributed by atoms with E-state index >= 15 is 0 Å². The Morgan fingerprint density at radius 2 is 1.54 bits per heavy atom. The van der Waals surface area contributed by atoms with Crippen LogP contribution >= 0.6 is 0 Å². The minimum absolute atomic E-state index is 0.0161. The SMILES string of the molecule is CCCCCCCCCCOC(=O)Oc1ccc(OCC(C)CC)cc1-c1nccnc1OC(=O)c1ccccc1. The van der Waals surface area contributed by atoms with E-state index in [0.717, 1.165) is 25.7 Å². The zero-order valence-corrected chi connectivity index (χ0v) is 24.5. The molecule has 8 heteroatoms. The Labute approximate surface area is 243 Å². The van der Waals surface area contributed by atoms with Crippen molar-refractivity contribution in [1.29, 1.82) is 0 Å². The van der Waals surface area contributed by atoms with E-state index in [2.05, 4.69) is 30.7 Å². The van der Waals surface area contributed by atoms with E-state index in [-0.39, 0.29) is 23.9 Å². The van der Waals surface area contributed by atoms with Gasteiger partial charge in [0.15, 0.2) is 0 Å². The van der Waals surface area contributed by atoms with Crippen LogP contribution in [0, 0.1) is 5.92 Å². The number of hydrogen-bond donors (Lipinski definition) is 0. The molecule has 0 radical (unpaired) electrons. The quantitative estimate of drug-likeness (QED) is 0.0918. The smallest absolute Gasteiger partial charge is 0.493 e. The Kier molecular flexibility index (Phi) is 13.6. The minimum atomic E-state index is -0.811. The molecule has 2 aromatic carbocycles. The van der Waals surface area contributed by atoms with Gasteiger partial charge in [0.05, 0.1) is 24.3 Å². The Hall–Kier alpha value is -3.94. The molecule has 0 N–H and O–H groups in total. The zero-order chi connectivity index (χ0) is 29.3. The Morgan fingerprint density at radius 1 is 0.829 bits per heavy atom. The second-order valence-corrected chi connectivity index (χ2v) is 10.1. The van der Waals surface area contributed by atoms with Gasteiger partial charge < -0.3 is 18.9 Å². The molecule has 0 spiro atoms. The molecule has 8 nitrogen and oxygen atoms in total. The van der Waals surface area contributed by atoms with Gasteiger partial charge in [0.2, 0.25) is 5.88 Å². The van der Waals surface area contributed by atoms with Crippen molar-refractivity contribution in [2.24, 2.45) is 5.92 Å². The molecular weight excluding hydrogens is 520 g/mol. The lowest BCUT2D eigenvalue weighted by Crippen LogP contribution is -2.13. The van der Waals surface area contributed by atoms with E-state index in [0.29, 0.717) is 29.4 Å². The molecule has 3 aromatic rings. The van der Waals surface area contributed by atoms with Gasteiger partial charge in [-0.15, -0.1) is 0 Å². The summed E-state index contributed by atoms with van der Waals surface area (Å²) in [6.45, 7) is 7.22. The van der Waals surface area contributed by atoms with E-state index in [9.17, 15) is 9.59 Å². The lowest BCUT2D eigenvalue weighted by atomic mass is 10.1. The highest BCUT2D eigenvalue weighted by Crippen LogP contribution is 2.37. The number of benzene rings is 2. The first kappa shape index (κ1) is 31.6. The van der Waals surface area contributed by atoms with Crippen molar-refractivity contribution in [3.05, 3.63) is 66.5 Å². The van der Waals surface area contributed by atoms with Crippen LogP contribution in [0.15, 0.2) is 60.9 Å². The molecule has 1 aromatic heterocycles. The average Bonchev–Trinajstić information content (AvgIpc) is 3.00. The van der Waals surface area contributed by atoms with Crippen molar-refractivity contribution in [2.45, 2.75) is 78.6 Å². The molecule has 0 amide bonds. The van der Waals surface area contributed by atoms with Crippen LogP contribution in [0.1, 0.15) is 88.9 Å². The fraction of sp³-hybridized carbons (Fsp3) is 0.455. The number of aromatic nitrogens is 2. The molecular formula is C33H42N2O6. The van der Waals surface area contributed by atoms with E-state index < -0.39 is 12.1 Å². The van der Waals surface area contributed by atoms with Crippen molar-refractivity contribution >= 4 is 12.1 Å². The molecule has 0 saturated heterocycles. The van der Waals surface area contributed by atoms with Gasteiger partial charge in [-0.3, -0.25) is 0 Å². The molecule has 220 valence electrons. The molecule has 1 unspecified atom stereocenters. The number of carbonyl (C=O) groups excluding carboxylic acids is 2. The monoisotopic (exact) mass is 562 g/mol. The Balaban J connectivity index is 1.72. The number of rotatable bonds is 17. The fourth-order valence-corrected chi connectivity index (χ4v) is 4.05. The second-order valence-electron chi connectivity index (χ2n) is 10.1. The predicted molar refractivity (Wildman–Crippen MR) is 158 cm³/mol.